The zero-order valence-corrected chi connectivity index (χ0v) is 10.5. The Morgan fingerprint density at radius 3 is 2.47 bits per heavy atom. The summed E-state index contributed by atoms with van der Waals surface area (Å²) >= 11 is 0. The molecule has 0 aromatic carbocycles. The van der Waals surface area contributed by atoms with Gasteiger partial charge in [-0.15, -0.1) is 0 Å². The van der Waals surface area contributed by atoms with Gasteiger partial charge in [-0.3, -0.25) is 0 Å². The third-order valence-corrected chi connectivity index (χ3v) is 5.15. The van der Waals surface area contributed by atoms with E-state index < -0.39 is 10.0 Å². The first-order valence-electron chi connectivity index (χ1n) is 5.29. The summed E-state index contributed by atoms with van der Waals surface area (Å²) in [7, 11) is -1.17. The van der Waals surface area contributed by atoms with Gasteiger partial charge in [0.2, 0.25) is 10.0 Å². The molecule has 90 valence electrons. The second-order valence-electron chi connectivity index (χ2n) is 4.36. The van der Waals surface area contributed by atoms with E-state index in [0.717, 1.165) is 13.1 Å². The lowest BCUT2D eigenvalue weighted by Gasteiger charge is -2.39. The van der Waals surface area contributed by atoms with Crippen molar-refractivity contribution in [3.63, 3.8) is 0 Å². The lowest BCUT2D eigenvalue weighted by atomic mass is 10.2. The molecule has 0 saturated carbocycles. The summed E-state index contributed by atoms with van der Waals surface area (Å²) in [6.07, 6.45) is 0. The Hall–Kier alpha value is -0.170. The number of likely N-dealkylation sites (N-methyl/N-ethyl adjacent to an activating group) is 1. The van der Waals surface area contributed by atoms with Crippen LogP contribution in [0.4, 0.5) is 0 Å². The largest absolute Gasteiger partial charge is 0.329 e. The van der Waals surface area contributed by atoms with Crippen LogP contribution in [0.3, 0.4) is 0 Å². The van der Waals surface area contributed by atoms with Gasteiger partial charge in [0.25, 0.3) is 0 Å². The normalized spacial score (nSPS) is 26.1. The van der Waals surface area contributed by atoms with Gasteiger partial charge in [0, 0.05) is 32.2 Å². The van der Waals surface area contributed by atoms with Gasteiger partial charge < -0.3 is 10.6 Å². The molecule has 1 aliphatic heterocycles. The number of nitrogens with zero attached hydrogens (tertiary/aromatic N) is 2. The Morgan fingerprint density at radius 1 is 1.40 bits per heavy atom. The summed E-state index contributed by atoms with van der Waals surface area (Å²) in [6, 6.07) is -0.0730. The molecule has 2 N–H and O–H groups in total. The van der Waals surface area contributed by atoms with Crippen molar-refractivity contribution < 1.29 is 8.42 Å². The fraction of sp³-hybridized carbons (Fsp3) is 1.00. The molecule has 6 heteroatoms. The van der Waals surface area contributed by atoms with Gasteiger partial charge in [-0.2, -0.15) is 4.31 Å². The van der Waals surface area contributed by atoms with E-state index in [4.69, 9.17) is 5.73 Å². The van der Waals surface area contributed by atoms with Gasteiger partial charge in [-0.25, -0.2) is 8.42 Å². The number of hydrogen-bond acceptors (Lipinski definition) is 4. The second-order valence-corrected chi connectivity index (χ2v) is 6.80. The molecule has 0 radical (unpaired) electrons. The maximum absolute atomic E-state index is 12.0. The fourth-order valence-electron chi connectivity index (χ4n) is 1.79. The minimum absolute atomic E-state index is 0.0730. The average Bonchev–Trinajstić information content (AvgIpc) is 2.16. The van der Waals surface area contributed by atoms with E-state index in [1.54, 1.807) is 18.2 Å². The van der Waals surface area contributed by atoms with Crippen molar-refractivity contribution in [2.75, 3.05) is 33.2 Å². The Morgan fingerprint density at radius 2 is 2.00 bits per heavy atom. The van der Waals surface area contributed by atoms with E-state index in [2.05, 4.69) is 4.90 Å². The molecule has 0 aromatic heterocycles. The second kappa shape index (κ2) is 4.78. The summed E-state index contributed by atoms with van der Waals surface area (Å²) in [5, 5.41) is -0.366. The van der Waals surface area contributed by atoms with Crippen molar-refractivity contribution in [2.45, 2.75) is 25.1 Å². The van der Waals surface area contributed by atoms with Crippen LogP contribution in [-0.2, 0) is 10.0 Å². The van der Waals surface area contributed by atoms with Gasteiger partial charge in [-0.1, -0.05) is 0 Å². The number of hydrogen-bond donors (Lipinski definition) is 1. The van der Waals surface area contributed by atoms with E-state index in [1.165, 1.54) is 0 Å². The molecule has 1 saturated heterocycles. The first kappa shape index (κ1) is 12.9. The fourth-order valence-corrected chi connectivity index (χ4v) is 3.24. The monoisotopic (exact) mass is 235 g/mol. The zero-order chi connectivity index (χ0) is 11.6. The minimum Gasteiger partial charge on any atom is -0.329 e. The molecule has 1 heterocycles. The quantitative estimate of drug-likeness (QED) is 0.702. The Labute approximate surface area is 92.3 Å². The van der Waals surface area contributed by atoms with E-state index in [0.29, 0.717) is 13.1 Å². The lowest BCUT2D eigenvalue weighted by Crippen LogP contribution is -2.57. The van der Waals surface area contributed by atoms with Crippen molar-refractivity contribution in [3.8, 4) is 0 Å². The van der Waals surface area contributed by atoms with E-state index >= 15 is 0 Å². The third-order valence-electron chi connectivity index (χ3n) is 2.83. The van der Waals surface area contributed by atoms with Crippen molar-refractivity contribution in [1.82, 2.24) is 9.21 Å². The van der Waals surface area contributed by atoms with Crippen molar-refractivity contribution >= 4 is 10.0 Å². The van der Waals surface area contributed by atoms with Gasteiger partial charge in [0.15, 0.2) is 0 Å². The van der Waals surface area contributed by atoms with Crippen molar-refractivity contribution in [2.24, 2.45) is 5.73 Å². The van der Waals surface area contributed by atoms with Gasteiger partial charge in [0.05, 0.1) is 5.25 Å². The topological polar surface area (TPSA) is 66.6 Å². The molecule has 5 nitrogen and oxygen atoms in total. The predicted molar refractivity (Wildman–Crippen MR) is 61.1 cm³/mol. The lowest BCUT2D eigenvalue weighted by molar-refractivity contribution is 0.163. The first-order valence-corrected chi connectivity index (χ1v) is 6.79. The van der Waals surface area contributed by atoms with Crippen LogP contribution in [0.15, 0.2) is 0 Å². The highest BCUT2D eigenvalue weighted by Gasteiger charge is 2.34. The van der Waals surface area contributed by atoms with Crippen LogP contribution in [0.1, 0.15) is 13.8 Å². The average molecular weight is 235 g/mol. The molecular weight excluding hydrogens is 214 g/mol. The SMILES string of the molecule is CC(C)S(=O)(=O)N1CCN(C)CC1CN. The molecule has 0 spiro atoms. The van der Waals surface area contributed by atoms with Gasteiger partial charge >= 0.3 is 0 Å². The highest BCUT2D eigenvalue weighted by atomic mass is 32.2. The van der Waals surface area contributed by atoms with Crippen molar-refractivity contribution in [1.29, 1.82) is 0 Å². The number of rotatable bonds is 3. The number of sulfonamides is 1. The predicted octanol–water partition coefficient (Wildman–Crippen LogP) is -0.701. The molecule has 1 unspecified atom stereocenters. The molecule has 1 rings (SSSR count). The van der Waals surface area contributed by atoms with E-state index in [9.17, 15) is 8.42 Å². The molecule has 0 aliphatic carbocycles. The standard InChI is InChI=1S/C9H21N3O2S/c1-8(2)15(13,14)12-5-4-11(3)7-9(12)6-10/h8-9H,4-7,10H2,1-3H3. The summed E-state index contributed by atoms with van der Waals surface area (Å²) in [5.41, 5.74) is 5.62. The Balaban J connectivity index is 2.85. The molecule has 1 fully saturated rings. The highest BCUT2D eigenvalue weighted by molar-refractivity contribution is 7.89. The van der Waals surface area contributed by atoms with Crippen LogP contribution in [0.5, 0.6) is 0 Å². The van der Waals surface area contributed by atoms with E-state index in [1.807, 2.05) is 7.05 Å². The molecule has 0 bridgehead atoms. The summed E-state index contributed by atoms with van der Waals surface area (Å²) < 4.78 is 25.6. The van der Waals surface area contributed by atoms with Crippen LogP contribution < -0.4 is 5.73 Å². The summed E-state index contributed by atoms with van der Waals surface area (Å²) in [6.45, 7) is 5.86. The Bertz CT molecular complexity index is 302. The zero-order valence-electron chi connectivity index (χ0n) is 9.68. The van der Waals surface area contributed by atoms with Crippen LogP contribution in [0, 0.1) is 0 Å². The van der Waals surface area contributed by atoms with Crippen LogP contribution in [-0.4, -0.2) is 62.1 Å². The first-order chi connectivity index (χ1) is 6.89. The highest BCUT2D eigenvalue weighted by Crippen LogP contribution is 2.16. The number of piperazine rings is 1. The maximum atomic E-state index is 12.0. The molecule has 0 aromatic rings. The minimum atomic E-state index is -3.16. The van der Waals surface area contributed by atoms with Crippen LogP contribution >= 0.6 is 0 Å². The van der Waals surface area contributed by atoms with Crippen LogP contribution in [0.25, 0.3) is 0 Å². The summed E-state index contributed by atoms with van der Waals surface area (Å²) in [4.78, 5) is 2.11. The van der Waals surface area contributed by atoms with Crippen LogP contribution in [0.2, 0.25) is 0 Å². The van der Waals surface area contributed by atoms with Gasteiger partial charge in [-0.05, 0) is 20.9 Å². The van der Waals surface area contributed by atoms with Crippen molar-refractivity contribution in [3.05, 3.63) is 0 Å². The Kier molecular flexibility index (Phi) is 4.11. The van der Waals surface area contributed by atoms with Gasteiger partial charge in [0.1, 0.15) is 0 Å². The molecular formula is C9H21N3O2S. The molecule has 15 heavy (non-hydrogen) atoms. The van der Waals surface area contributed by atoms with E-state index in [-0.39, 0.29) is 11.3 Å². The smallest absolute Gasteiger partial charge is 0.216 e. The maximum Gasteiger partial charge on any atom is 0.216 e. The molecule has 1 aliphatic rings. The number of nitrogens with two attached hydrogens (primary N) is 1. The summed E-state index contributed by atoms with van der Waals surface area (Å²) in [5.74, 6) is 0. The molecule has 1 atom stereocenters. The molecule has 0 amide bonds. The third kappa shape index (κ3) is 2.69.